The molecule has 0 saturated carbocycles. The summed E-state index contributed by atoms with van der Waals surface area (Å²) < 4.78 is 5.56. The van der Waals surface area contributed by atoms with E-state index >= 15 is 0 Å². The highest BCUT2D eigenvalue weighted by molar-refractivity contribution is 5.42. The molecule has 2 heteroatoms. The van der Waals surface area contributed by atoms with E-state index in [1.165, 1.54) is 22.3 Å². The fourth-order valence-corrected chi connectivity index (χ4v) is 3.61. The highest BCUT2D eigenvalue weighted by Gasteiger charge is 2.30. The molecular weight excluding hydrogens is 258 g/mol. The number of aryl methyl sites for hydroxylation is 1. The van der Waals surface area contributed by atoms with Crippen LogP contribution in [0.1, 0.15) is 34.6 Å². The Kier molecular flexibility index (Phi) is 3.19. The lowest BCUT2D eigenvalue weighted by Gasteiger charge is -2.34. The van der Waals surface area contributed by atoms with Crippen LogP contribution < -0.4 is 10.5 Å². The molecule has 2 N–H and O–H groups in total. The summed E-state index contributed by atoms with van der Waals surface area (Å²) in [6.07, 6.45) is 4.31. The Bertz CT molecular complexity index is 664. The highest BCUT2D eigenvalue weighted by atomic mass is 16.5. The molecular formula is C19H21NO. The van der Waals surface area contributed by atoms with Crippen molar-refractivity contribution in [1.29, 1.82) is 0 Å². The van der Waals surface area contributed by atoms with E-state index in [1.54, 1.807) is 0 Å². The van der Waals surface area contributed by atoms with E-state index in [2.05, 4.69) is 42.5 Å². The zero-order valence-corrected chi connectivity index (χ0v) is 12.2. The molecule has 0 saturated heterocycles. The van der Waals surface area contributed by atoms with Crippen LogP contribution in [0.5, 0.6) is 5.75 Å². The van der Waals surface area contributed by atoms with E-state index in [9.17, 15) is 0 Å². The Morgan fingerprint density at radius 3 is 2.95 bits per heavy atom. The van der Waals surface area contributed by atoms with Crippen molar-refractivity contribution in [2.24, 2.45) is 5.73 Å². The fraction of sp³-hybridized carbons (Fsp3) is 0.368. The van der Waals surface area contributed by atoms with E-state index in [4.69, 9.17) is 10.5 Å². The van der Waals surface area contributed by atoms with Crippen LogP contribution >= 0.6 is 0 Å². The zero-order valence-electron chi connectivity index (χ0n) is 12.2. The van der Waals surface area contributed by atoms with Crippen molar-refractivity contribution in [2.75, 3.05) is 6.61 Å². The van der Waals surface area contributed by atoms with Crippen molar-refractivity contribution in [3.8, 4) is 5.75 Å². The van der Waals surface area contributed by atoms with Gasteiger partial charge in [-0.1, -0.05) is 36.4 Å². The minimum Gasteiger partial charge on any atom is -0.493 e. The molecule has 2 nitrogen and oxygen atoms in total. The SMILES string of the molecule is NC(CCc1ccc2c(c1)CCO2)C1Cc2ccccc21. The van der Waals surface area contributed by atoms with Gasteiger partial charge < -0.3 is 10.5 Å². The fourth-order valence-electron chi connectivity index (χ4n) is 3.61. The molecule has 2 unspecified atom stereocenters. The minimum atomic E-state index is 0.268. The van der Waals surface area contributed by atoms with Gasteiger partial charge in [0.25, 0.3) is 0 Å². The molecule has 0 amide bonds. The molecule has 1 aliphatic heterocycles. The smallest absolute Gasteiger partial charge is 0.122 e. The first-order valence-electron chi connectivity index (χ1n) is 7.89. The predicted molar refractivity (Wildman–Crippen MR) is 84.8 cm³/mol. The number of nitrogens with two attached hydrogens (primary N) is 1. The van der Waals surface area contributed by atoms with Crippen LogP contribution in [-0.2, 0) is 19.3 Å². The molecule has 2 aromatic carbocycles. The lowest BCUT2D eigenvalue weighted by atomic mass is 9.72. The summed E-state index contributed by atoms with van der Waals surface area (Å²) in [6.45, 7) is 0.831. The van der Waals surface area contributed by atoms with Gasteiger partial charge >= 0.3 is 0 Å². The summed E-state index contributed by atoms with van der Waals surface area (Å²) in [6, 6.07) is 15.6. The van der Waals surface area contributed by atoms with Crippen molar-refractivity contribution >= 4 is 0 Å². The van der Waals surface area contributed by atoms with E-state index in [1.807, 2.05) is 0 Å². The second kappa shape index (κ2) is 5.19. The zero-order chi connectivity index (χ0) is 14.2. The van der Waals surface area contributed by atoms with E-state index in [0.717, 1.165) is 38.0 Å². The molecule has 1 aliphatic carbocycles. The van der Waals surface area contributed by atoms with Crippen LogP contribution in [-0.4, -0.2) is 12.6 Å². The van der Waals surface area contributed by atoms with Gasteiger partial charge in [0.1, 0.15) is 5.75 Å². The second-order valence-electron chi connectivity index (χ2n) is 6.25. The predicted octanol–water partition coefficient (Wildman–Crippen LogP) is 3.22. The van der Waals surface area contributed by atoms with E-state index < -0.39 is 0 Å². The number of hydrogen-bond donors (Lipinski definition) is 1. The minimum absolute atomic E-state index is 0.268. The lowest BCUT2D eigenvalue weighted by molar-refractivity contribution is 0.357. The summed E-state index contributed by atoms with van der Waals surface area (Å²) in [7, 11) is 0. The summed E-state index contributed by atoms with van der Waals surface area (Å²) >= 11 is 0. The molecule has 0 radical (unpaired) electrons. The molecule has 4 rings (SSSR count). The van der Waals surface area contributed by atoms with Gasteiger partial charge in [0, 0.05) is 18.4 Å². The standard InChI is InChI=1S/C19H21NO/c20-18(17-12-14-3-1-2-4-16(14)17)7-5-13-6-8-19-15(11-13)9-10-21-19/h1-4,6,8,11,17-18H,5,7,9-10,12,20H2. The maximum atomic E-state index is 6.43. The summed E-state index contributed by atoms with van der Waals surface area (Å²) in [5.41, 5.74) is 12.1. The largest absolute Gasteiger partial charge is 0.493 e. The third kappa shape index (κ3) is 2.34. The lowest BCUT2D eigenvalue weighted by Crippen LogP contribution is -2.36. The molecule has 2 aromatic rings. The summed E-state index contributed by atoms with van der Waals surface area (Å²) in [5.74, 6) is 1.62. The van der Waals surface area contributed by atoms with Crippen LogP contribution in [0.25, 0.3) is 0 Å². The maximum absolute atomic E-state index is 6.43. The van der Waals surface area contributed by atoms with Crippen LogP contribution in [0.4, 0.5) is 0 Å². The average molecular weight is 279 g/mol. The molecule has 0 spiro atoms. The Morgan fingerprint density at radius 2 is 2.05 bits per heavy atom. The van der Waals surface area contributed by atoms with Crippen molar-refractivity contribution in [1.82, 2.24) is 0 Å². The molecule has 1 heterocycles. The Labute approximate surface area is 125 Å². The van der Waals surface area contributed by atoms with Gasteiger partial charge in [-0.2, -0.15) is 0 Å². The van der Waals surface area contributed by atoms with Gasteiger partial charge in [-0.05, 0) is 47.6 Å². The van der Waals surface area contributed by atoms with Crippen molar-refractivity contribution in [3.63, 3.8) is 0 Å². The van der Waals surface area contributed by atoms with Crippen LogP contribution in [0, 0.1) is 0 Å². The van der Waals surface area contributed by atoms with Crippen LogP contribution in [0.3, 0.4) is 0 Å². The highest BCUT2D eigenvalue weighted by Crippen LogP contribution is 2.37. The van der Waals surface area contributed by atoms with Gasteiger partial charge in [0.05, 0.1) is 6.61 Å². The Morgan fingerprint density at radius 1 is 1.14 bits per heavy atom. The average Bonchev–Trinajstić information content (AvgIpc) is 2.94. The van der Waals surface area contributed by atoms with Crippen LogP contribution in [0.2, 0.25) is 0 Å². The number of ether oxygens (including phenoxy) is 1. The third-order valence-corrected chi connectivity index (χ3v) is 4.93. The van der Waals surface area contributed by atoms with Gasteiger partial charge in [-0.15, -0.1) is 0 Å². The van der Waals surface area contributed by atoms with Crippen molar-refractivity contribution in [2.45, 2.75) is 37.6 Å². The van der Waals surface area contributed by atoms with Crippen LogP contribution in [0.15, 0.2) is 42.5 Å². The molecule has 108 valence electrons. The quantitative estimate of drug-likeness (QED) is 0.932. The number of fused-ring (bicyclic) bond motifs is 2. The third-order valence-electron chi connectivity index (χ3n) is 4.93. The first-order chi connectivity index (χ1) is 10.3. The van der Waals surface area contributed by atoms with Crippen molar-refractivity contribution < 1.29 is 4.74 Å². The molecule has 0 fully saturated rings. The van der Waals surface area contributed by atoms with E-state index in [-0.39, 0.29) is 6.04 Å². The second-order valence-corrected chi connectivity index (χ2v) is 6.25. The maximum Gasteiger partial charge on any atom is 0.122 e. The number of benzene rings is 2. The summed E-state index contributed by atoms with van der Waals surface area (Å²) in [4.78, 5) is 0. The van der Waals surface area contributed by atoms with Crippen molar-refractivity contribution in [3.05, 3.63) is 64.7 Å². The van der Waals surface area contributed by atoms with Gasteiger partial charge in [0.2, 0.25) is 0 Å². The number of hydrogen-bond acceptors (Lipinski definition) is 2. The molecule has 2 aliphatic rings. The Hall–Kier alpha value is -1.80. The first kappa shape index (κ1) is 12.9. The molecule has 0 aromatic heterocycles. The van der Waals surface area contributed by atoms with Gasteiger partial charge in [-0.25, -0.2) is 0 Å². The summed E-state index contributed by atoms with van der Waals surface area (Å²) in [5, 5.41) is 0. The topological polar surface area (TPSA) is 35.2 Å². The normalized spacial score (nSPS) is 20.1. The number of rotatable bonds is 4. The van der Waals surface area contributed by atoms with E-state index in [0.29, 0.717) is 5.92 Å². The molecule has 2 atom stereocenters. The Balaban J connectivity index is 1.39. The van der Waals surface area contributed by atoms with Gasteiger partial charge in [0.15, 0.2) is 0 Å². The molecule has 0 bridgehead atoms. The monoisotopic (exact) mass is 279 g/mol. The van der Waals surface area contributed by atoms with Gasteiger partial charge in [-0.3, -0.25) is 0 Å². The molecule has 21 heavy (non-hydrogen) atoms. The first-order valence-corrected chi connectivity index (χ1v) is 7.89.